The first kappa shape index (κ1) is 12.9. The molecule has 0 aliphatic carbocycles. The van der Waals surface area contributed by atoms with Gasteiger partial charge in [-0.25, -0.2) is 0 Å². The molecule has 0 radical (unpaired) electrons. The fourth-order valence-corrected chi connectivity index (χ4v) is 2.17. The molecular formula is C12H26N2O. The highest BCUT2D eigenvalue weighted by Crippen LogP contribution is 2.15. The zero-order valence-electron chi connectivity index (χ0n) is 10.5. The van der Waals surface area contributed by atoms with Crippen LogP contribution in [0.2, 0.25) is 0 Å². The first-order valence-electron chi connectivity index (χ1n) is 6.17. The number of nitrogens with one attached hydrogen (secondary N) is 1. The molecule has 3 nitrogen and oxygen atoms in total. The van der Waals surface area contributed by atoms with E-state index in [1.54, 1.807) is 7.11 Å². The van der Waals surface area contributed by atoms with Crippen LogP contribution in [0.4, 0.5) is 0 Å². The molecule has 90 valence electrons. The molecule has 0 bridgehead atoms. The maximum atomic E-state index is 5.13. The van der Waals surface area contributed by atoms with Gasteiger partial charge in [0.25, 0.3) is 0 Å². The molecule has 1 fully saturated rings. The zero-order chi connectivity index (χ0) is 11.1. The highest BCUT2D eigenvalue weighted by molar-refractivity contribution is 4.80. The van der Waals surface area contributed by atoms with Gasteiger partial charge in [0.15, 0.2) is 0 Å². The summed E-state index contributed by atoms with van der Waals surface area (Å²) in [7, 11) is 1.78. The Labute approximate surface area is 94.2 Å². The summed E-state index contributed by atoms with van der Waals surface area (Å²) < 4.78 is 5.13. The Morgan fingerprint density at radius 1 is 1.47 bits per heavy atom. The van der Waals surface area contributed by atoms with Gasteiger partial charge in [0.05, 0.1) is 6.61 Å². The van der Waals surface area contributed by atoms with Crippen molar-refractivity contribution >= 4 is 0 Å². The van der Waals surface area contributed by atoms with Crippen LogP contribution in [-0.2, 0) is 4.74 Å². The summed E-state index contributed by atoms with van der Waals surface area (Å²) in [6, 6.07) is 0.735. The van der Waals surface area contributed by atoms with E-state index in [-0.39, 0.29) is 0 Å². The van der Waals surface area contributed by atoms with E-state index in [4.69, 9.17) is 4.74 Å². The Hall–Kier alpha value is -0.120. The lowest BCUT2D eigenvalue weighted by Gasteiger charge is -2.24. The summed E-state index contributed by atoms with van der Waals surface area (Å²) in [6.45, 7) is 9.98. The van der Waals surface area contributed by atoms with Gasteiger partial charge in [-0.1, -0.05) is 13.8 Å². The Morgan fingerprint density at radius 2 is 2.27 bits per heavy atom. The summed E-state index contributed by atoms with van der Waals surface area (Å²) in [5, 5.41) is 3.55. The molecule has 15 heavy (non-hydrogen) atoms. The van der Waals surface area contributed by atoms with Gasteiger partial charge >= 0.3 is 0 Å². The Morgan fingerprint density at radius 3 is 2.93 bits per heavy atom. The number of rotatable bonds is 7. The SMILES string of the molecule is COCCN1CCCC1CNCC(C)C. The van der Waals surface area contributed by atoms with Crippen molar-refractivity contribution in [1.82, 2.24) is 10.2 Å². The third-order valence-corrected chi connectivity index (χ3v) is 3.01. The van der Waals surface area contributed by atoms with Crippen LogP contribution in [0, 0.1) is 5.92 Å². The lowest BCUT2D eigenvalue weighted by atomic mass is 10.2. The predicted octanol–water partition coefficient (Wildman–Crippen LogP) is 1.34. The van der Waals surface area contributed by atoms with Gasteiger partial charge in [-0.05, 0) is 31.8 Å². The number of ether oxygens (including phenoxy) is 1. The summed E-state index contributed by atoms with van der Waals surface area (Å²) >= 11 is 0. The molecule has 0 aromatic rings. The van der Waals surface area contributed by atoms with Gasteiger partial charge in [-0.3, -0.25) is 4.90 Å². The molecule has 3 heteroatoms. The average molecular weight is 214 g/mol. The minimum atomic E-state index is 0.735. The van der Waals surface area contributed by atoms with Gasteiger partial charge in [0.2, 0.25) is 0 Å². The average Bonchev–Trinajstić information content (AvgIpc) is 2.62. The van der Waals surface area contributed by atoms with E-state index >= 15 is 0 Å². The first-order chi connectivity index (χ1) is 7.24. The van der Waals surface area contributed by atoms with Gasteiger partial charge in [-0.2, -0.15) is 0 Å². The molecule has 0 aromatic heterocycles. The number of hydrogen-bond acceptors (Lipinski definition) is 3. The molecule has 0 spiro atoms. The Bertz CT molecular complexity index is 162. The normalized spacial score (nSPS) is 22.8. The molecule has 1 heterocycles. The number of nitrogens with zero attached hydrogens (tertiary/aromatic N) is 1. The molecule has 1 N–H and O–H groups in total. The van der Waals surface area contributed by atoms with Crippen molar-refractivity contribution in [2.75, 3.05) is 39.9 Å². The van der Waals surface area contributed by atoms with Gasteiger partial charge < -0.3 is 10.1 Å². The number of methoxy groups -OCH3 is 1. The van der Waals surface area contributed by atoms with E-state index in [1.807, 2.05) is 0 Å². The molecule has 1 aliphatic rings. The molecule has 0 aromatic carbocycles. The van der Waals surface area contributed by atoms with Crippen molar-refractivity contribution in [2.45, 2.75) is 32.7 Å². The van der Waals surface area contributed by atoms with Crippen molar-refractivity contribution in [1.29, 1.82) is 0 Å². The summed E-state index contributed by atoms with van der Waals surface area (Å²) in [5.41, 5.74) is 0. The minimum Gasteiger partial charge on any atom is -0.383 e. The largest absolute Gasteiger partial charge is 0.383 e. The van der Waals surface area contributed by atoms with Crippen LogP contribution in [0.5, 0.6) is 0 Å². The number of likely N-dealkylation sites (tertiary alicyclic amines) is 1. The monoisotopic (exact) mass is 214 g/mol. The lowest BCUT2D eigenvalue weighted by molar-refractivity contribution is 0.140. The van der Waals surface area contributed by atoms with E-state index in [1.165, 1.54) is 19.4 Å². The summed E-state index contributed by atoms with van der Waals surface area (Å²) in [6.07, 6.45) is 2.69. The van der Waals surface area contributed by atoms with E-state index in [0.29, 0.717) is 0 Å². The molecule has 0 amide bonds. The van der Waals surface area contributed by atoms with Crippen LogP contribution in [0.3, 0.4) is 0 Å². The smallest absolute Gasteiger partial charge is 0.0589 e. The van der Waals surface area contributed by atoms with E-state index < -0.39 is 0 Å². The molecular weight excluding hydrogens is 188 g/mol. The Kier molecular flexibility index (Phi) is 6.22. The predicted molar refractivity (Wildman–Crippen MR) is 64.2 cm³/mol. The Balaban J connectivity index is 2.15. The van der Waals surface area contributed by atoms with Crippen molar-refractivity contribution in [3.63, 3.8) is 0 Å². The van der Waals surface area contributed by atoms with Crippen LogP contribution in [-0.4, -0.2) is 50.8 Å². The van der Waals surface area contributed by atoms with Crippen molar-refractivity contribution in [3.05, 3.63) is 0 Å². The molecule has 1 unspecified atom stereocenters. The second-order valence-corrected chi connectivity index (χ2v) is 4.88. The molecule has 1 rings (SSSR count). The molecule has 1 atom stereocenters. The molecule has 1 saturated heterocycles. The zero-order valence-corrected chi connectivity index (χ0v) is 10.5. The second kappa shape index (κ2) is 7.20. The minimum absolute atomic E-state index is 0.735. The van der Waals surface area contributed by atoms with E-state index in [2.05, 4.69) is 24.1 Å². The van der Waals surface area contributed by atoms with Crippen LogP contribution in [0.1, 0.15) is 26.7 Å². The standard InChI is InChI=1S/C12H26N2O/c1-11(2)9-13-10-12-5-4-6-14(12)7-8-15-3/h11-13H,4-10H2,1-3H3. The quantitative estimate of drug-likeness (QED) is 0.692. The third-order valence-electron chi connectivity index (χ3n) is 3.01. The third kappa shape index (κ3) is 4.96. The molecule has 1 aliphatic heterocycles. The van der Waals surface area contributed by atoms with E-state index in [0.717, 1.165) is 38.2 Å². The summed E-state index contributed by atoms with van der Waals surface area (Å²) in [4.78, 5) is 2.55. The first-order valence-corrected chi connectivity index (χ1v) is 6.17. The highest BCUT2D eigenvalue weighted by atomic mass is 16.5. The van der Waals surface area contributed by atoms with Crippen molar-refractivity contribution < 1.29 is 4.74 Å². The summed E-state index contributed by atoms with van der Waals surface area (Å²) in [5.74, 6) is 0.749. The maximum Gasteiger partial charge on any atom is 0.0589 e. The van der Waals surface area contributed by atoms with Gasteiger partial charge in [0, 0.05) is 26.2 Å². The molecule has 0 saturated carbocycles. The fraction of sp³-hybridized carbons (Fsp3) is 1.00. The fourth-order valence-electron chi connectivity index (χ4n) is 2.17. The van der Waals surface area contributed by atoms with Crippen LogP contribution in [0.25, 0.3) is 0 Å². The van der Waals surface area contributed by atoms with E-state index in [9.17, 15) is 0 Å². The van der Waals surface area contributed by atoms with Crippen molar-refractivity contribution in [2.24, 2.45) is 5.92 Å². The van der Waals surface area contributed by atoms with Crippen LogP contribution in [0.15, 0.2) is 0 Å². The van der Waals surface area contributed by atoms with Gasteiger partial charge in [0.1, 0.15) is 0 Å². The number of hydrogen-bond donors (Lipinski definition) is 1. The maximum absolute atomic E-state index is 5.13. The van der Waals surface area contributed by atoms with Crippen LogP contribution >= 0.6 is 0 Å². The van der Waals surface area contributed by atoms with Crippen LogP contribution < -0.4 is 5.32 Å². The highest BCUT2D eigenvalue weighted by Gasteiger charge is 2.23. The van der Waals surface area contributed by atoms with Gasteiger partial charge in [-0.15, -0.1) is 0 Å². The van der Waals surface area contributed by atoms with Crippen molar-refractivity contribution in [3.8, 4) is 0 Å². The second-order valence-electron chi connectivity index (χ2n) is 4.88. The topological polar surface area (TPSA) is 24.5 Å². The lowest BCUT2D eigenvalue weighted by Crippen LogP contribution is -2.40.